The molecular weight excluding hydrogens is 248 g/mol. The monoisotopic (exact) mass is 280 g/mol. The van der Waals surface area contributed by atoms with Crippen LogP contribution in [0.3, 0.4) is 0 Å². The summed E-state index contributed by atoms with van der Waals surface area (Å²) in [5.74, 6) is 0.769. The smallest absolute Gasteiger partial charge is 0.191 e. The van der Waals surface area contributed by atoms with Crippen molar-refractivity contribution in [3.05, 3.63) is 0 Å². The van der Waals surface area contributed by atoms with Gasteiger partial charge in [-0.25, -0.2) is 0 Å². The maximum atomic E-state index is 6.07. The van der Waals surface area contributed by atoms with E-state index in [-0.39, 0.29) is 0 Å². The summed E-state index contributed by atoms with van der Waals surface area (Å²) in [5, 5.41) is 0. The summed E-state index contributed by atoms with van der Waals surface area (Å²) in [4.78, 5) is 9.34. The Morgan fingerprint density at radius 2 is 1.75 bits per heavy atom. The van der Waals surface area contributed by atoms with Crippen LogP contribution in [0.5, 0.6) is 0 Å². The van der Waals surface area contributed by atoms with Gasteiger partial charge in [0.15, 0.2) is 5.96 Å². The minimum atomic E-state index is 0.769. The van der Waals surface area contributed by atoms with Crippen molar-refractivity contribution < 1.29 is 0 Å². The molecule has 0 spiro atoms. The molecule has 2 rings (SSSR count). The van der Waals surface area contributed by atoms with Crippen molar-refractivity contribution in [2.75, 3.05) is 33.2 Å². The van der Waals surface area contributed by atoms with Crippen LogP contribution < -0.4 is 5.73 Å². The summed E-state index contributed by atoms with van der Waals surface area (Å²) >= 11 is 0. The summed E-state index contributed by atoms with van der Waals surface area (Å²) in [6.45, 7) is 4.22. The number of hydrogen-bond donors (Lipinski definition) is 1. The number of hydrogen-bond acceptors (Lipinski definition) is 2. The van der Waals surface area contributed by atoms with Crippen LogP contribution in [0.25, 0.3) is 0 Å². The second-order valence-electron chi connectivity index (χ2n) is 6.41. The van der Waals surface area contributed by atoms with E-state index in [9.17, 15) is 0 Å². The SMILES string of the molecule is CN(CCCN=C(N)N1CCCCC1)C1CCCCC1. The van der Waals surface area contributed by atoms with Gasteiger partial charge in [-0.3, -0.25) is 4.99 Å². The fraction of sp³-hybridized carbons (Fsp3) is 0.938. The van der Waals surface area contributed by atoms with Gasteiger partial charge in [0.05, 0.1) is 0 Å². The Bertz CT molecular complexity index is 291. The van der Waals surface area contributed by atoms with Crippen molar-refractivity contribution in [2.45, 2.75) is 63.8 Å². The lowest BCUT2D eigenvalue weighted by molar-refractivity contribution is 0.191. The van der Waals surface area contributed by atoms with Crippen LogP contribution >= 0.6 is 0 Å². The molecule has 0 radical (unpaired) electrons. The van der Waals surface area contributed by atoms with Gasteiger partial charge in [-0.2, -0.15) is 0 Å². The highest BCUT2D eigenvalue weighted by atomic mass is 15.3. The molecule has 1 saturated carbocycles. The van der Waals surface area contributed by atoms with Gasteiger partial charge in [0.25, 0.3) is 0 Å². The molecule has 2 fully saturated rings. The van der Waals surface area contributed by atoms with Crippen LogP contribution in [0.15, 0.2) is 4.99 Å². The van der Waals surface area contributed by atoms with Gasteiger partial charge in [0.2, 0.25) is 0 Å². The lowest BCUT2D eigenvalue weighted by Gasteiger charge is -2.31. The number of nitrogens with two attached hydrogens (primary N) is 1. The maximum Gasteiger partial charge on any atom is 0.191 e. The van der Waals surface area contributed by atoms with E-state index >= 15 is 0 Å². The Labute approximate surface area is 124 Å². The van der Waals surface area contributed by atoms with Gasteiger partial charge >= 0.3 is 0 Å². The normalized spacial score (nSPS) is 22.5. The topological polar surface area (TPSA) is 44.9 Å². The maximum absolute atomic E-state index is 6.07. The molecule has 2 aliphatic rings. The predicted octanol–water partition coefficient (Wildman–Crippen LogP) is 2.44. The first kappa shape index (κ1) is 15.6. The van der Waals surface area contributed by atoms with Crippen molar-refractivity contribution in [3.8, 4) is 0 Å². The van der Waals surface area contributed by atoms with Gasteiger partial charge in [-0.1, -0.05) is 19.3 Å². The molecule has 0 amide bonds. The lowest BCUT2D eigenvalue weighted by atomic mass is 9.94. The fourth-order valence-electron chi connectivity index (χ4n) is 3.44. The predicted molar refractivity (Wildman–Crippen MR) is 86.0 cm³/mol. The highest BCUT2D eigenvalue weighted by molar-refractivity contribution is 5.78. The number of piperidine rings is 1. The zero-order chi connectivity index (χ0) is 14.2. The standard InChI is InChI=1S/C16H32N4/c1-19(15-9-4-2-5-10-15)12-8-11-18-16(17)20-13-6-3-7-14-20/h15H,2-14H2,1H3,(H2,17,18). The second-order valence-corrected chi connectivity index (χ2v) is 6.41. The number of nitrogens with zero attached hydrogens (tertiary/aromatic N) is 3. The quantitative estimate of drug-likeness (QED) is 0.478. The fourth-order valence-corrected chi connectivity index (χ4v) is 3.44. The summed E-state index contributed by atoms with van der Waals surface area (Å²) < 4.78 is 0. The molecule has 4 heteroatoms. The molecule has 2 N–H and O–H groups in total. The average molecular weight is 280 g/mol. The third-order valence-electron chi connectivity index (χ3n) is 4.82. The Morgan fingerprint density at radius 3 is 2.45 bits per heavy atom. The van der Waals surface area contributed by atoms with E-state index in [4.69, 9.17) is 5.73 Å². The Kier molecular flexibility index (Phi) is 6.64. The number of rotatable bonds is 5. The molecule has 1 aliphatic heterocycles. The van der Waals surface area contributed by atoms with E-state index in [1.54, 1.807) is 0 Å². The minimum absolute atomic E-state index is 0.769. The third-order valence-corrected chi connectivity index (χ3v) is 4.82. The molecule has 116 valence electrons. The van der Waals surface area contributed by atoms with Crippen LogP contribution in [0, 0.1) is 0 Å². The molecule has 1 saturated heterocycles. The van der Waals surface area contributed by atoms with Gasteiger partial charge in [-0.15, -0.1) is 0 Å². The van der Waals surface area contributed by atoms with Gasteiger partial charge in [0.1, 0.15) is 0 Å². The highest BCUT2D eigenvalue weighted by Gasteiger charge is 2.17. The molecular formula is C16H32N4. The molecule has 0 aromatic heterocycles. The molecule has 0 aromatic carbocycles. The Hall–Kier alpha value is -0.770. The first-order valence-corrected chi connectivity index (χ1v) is 8.52. The van der Waals surface area contributed by atoms with Crippen LogP contribution in [0.2, 0.25) is 0 Å². The summed E-state index contributed by atoms with van der Waals surface area (Å²) in [7, 11) is 2.27. The zero-order valence-corrected chi connectivity index (χ0v) is 13.2. The van der Waals surface area contributed by atoms with E-state index in [0.29, 0.717) is 0 Å². The summed E-state index contributed by atoms with van der Waals surface area (Å²) in [5.41, 5.74) is 6.07. The minimum Gasteiger partial charge on any atom is -0.370 e. The molecule has 0 atom stereocenters. The van der Waals surface area contributed by atoms with E-state index in [2.05, 4.69) is 21.8 Å². The molecule has 0 bridgehead atoms. The van der Waals surface area contributed by atoms with Crippen molar-refractivity contribution in [2.24, 2.45) is 10.7 Å². The molecule has 4 nitrogen and oxygen atoms in total. The molecule has 1 heterocycles. The summed E-state index contributed by atoms with van der Waals surface area (Å²) in [6, 6.07) is 0.812. The Balaban J connectivity index is 1.62. The molecule has 1 aliphatic carbocycles. The number of aliphatic imine (C=N–C) groups is 1. The Morgan fingerprint density at radius 1 is 1.10 bits per heavy atom. The first-order valence-electron chi connectivity index (χ1n) is 8.52. The van der Waals surface area contributed by atoms with Crippen LogP contribution in [-0.2, 0) is 0 Å². The van der Waals surface area contributed by atoms with E-state index in [1.165, 1.54) is 51.4 Å². The van der Waals surface area contributed by atoms with Crippen LogP contribution in [0.4, 0.5) is 0 Å². The van der Waals surface area contributed by atoms with Crippen LogP contribution in [0.1, 0.15) is 57.8 Å². The van der Waals surface area contributed by atoms with Crippen molar-refractivity contribution >= 4 is 5.96 Å². The summed E-state index contributed by atoms with van der Waals surface area (Å²) in [6.07, 6.45) is 12.0. The third kappa shape index (κ3) is 4.97. The van der Waals surface area contributed by atoms with Crippen molar-refractivity contribution in [1.29, 1.82) is 0 Å². The molecule has 20 heavy (non-hydrogen) atoms. The number of likely N-dealkylation sites (tertiary alicyclic amines) is 1. The second kappa shape index (κ2) is 8.50. The van der Waals surface area contributed by atoms with Gasteiger partial charge < -0.3 is 15.5 Å². The van der Waals surface area contributed by atoms with E-state index < -0.39 is 0 Å². The van der Waals surface area contributed by atoms with Crippen LogP contribution in [-0.4, -0.2) is 55.0 Å². The van der Waals surface area contributed by atoms with Gasteiger partial charge in [0, 0.05) is 25.7 Å². The first-order chi connectivity index (χ1) is 9.77. The molecule has 0 aromatic rings. The van der Waals surface area contributed by atoms with E-state index in [0.717, 1.165) is 44.6 Å². The molecule has 0 unspecified atom stereocenters. The highest BCUT2D eigenvalue weighted by Crippen LogP contribution is 2.21. The van der Waals surface area contributed by atoms with Crippen molar-refractivity contribution in [1.82, 2.24) is 9.80 Å². The zero-order valence-electron chi connectivity index (χ0n) is 13.2. The largest absolute Gasteiger partial charge is 0.370 e. The van der Waals surface area contributed by atoms with E-state index in [1.807, 2.05) is 0 Å². The van der Waals surface area contributed by atoms with Crippen molar-refractivity contribution in [3.63, 3.8) is 0 Å². The van der Waals surface area contributed by atoms with Gasteiger partial charge in [-0.05, 0) is 52.1 Å². The average Bonchev–Trinajstić information content (AvgIpc) is 2.53. The number of guanidine groups is 1. The lowest BCUT2D eigenvalue weighted by Crippen LogP contribution is -2.41.